The van der Waals surface area contributed by atoms with Crippen molar-refractivity contribution in [3.8, 4) is 0 Å². The van der Waals surface area contributed by atoms with Crippen molar-refractivity contribution in [2.75, 3.05) is 0 Å². The number of rotatable bonds is 32. The summed E-state index contributed by atoms with van der Waals surface area (Å²) in [6.45, 7) is 9.40. The van der Waals surface area contributed by atoms with E-state index in [2.05, 4.69) is 42.3 Å². The number of unbranched alkanes of at least 4 members (excludes halogenated alkanes) is 26. The van der Waals surface area contributed by atoms with Crippen LogP contribution in [0.4, 0.5) is 0 Å². The van der Waals surface area contributed by atoms with Gasteiger partial charge in [0, 0.05) is 6.42 Å². The van der Waals surface area contributed by atoms with Gasteiger partial charge < -0.3 is 0 Å². The summed E-state index contributed by atoms with van der Waals surface area (Å²) in [7, 11) is 0. The molecule has 0 amide bonds. The van der Waals surface area contributed by atoms with E-state index in [0.717, 1.165) is 0 Å². The maximum absolute atomic E-state index is 2.63. The molecule has 40 heavy (non-hydrogen) atoms. The summed E-state index contributed by atoms with van der Waals surface area (Å²) in [6.07, 6.45) is 47.4. The minimum Gasteiger partial charge on any atom is -0.234 e. The molecule has 0 radical (unpaired) electrons. The van der Waals surface area contributed by atoms with Crippen LogP contribution < -0.4 is 4.57 Å². The second-order valence-corrected chi connectivity index (χ2v) is 13.0. The molecule has 0 aliphatic rings. The van der Waals surface area contributed by atoms with Crippen molar-refractivity contribution in [3.05, 3.63) is 18.2 Å². The molecule has 1 aromatic rings. The highest BCUT2D eigenvalue weighted by molar-refractivity contribution is 4.84. The molecule has 0 aliphatic heterocycles. The van der Waals surface area contributed by atoms with Crippen molar-refractivity contribution in [1.29, 1.82) is 0 Å². The number of aromatic nitrogens is 2. The standard InChI is InChI=1S/C38H75N2/c1-4-7-10-13-16-18-19-20-21-22-23-26-29-32-35-40-37-36-39(34-31-28-25-17-14-11-8-5-2)38(40)33-30-27-24-15-12-9-6-3/h36-37H,4-35H2,1-3H3/q+1. The number of hydrogen-bond acceptors (Lipinski definition) is 0. The van der Waals surface area contributed by atoms with Gasteiger partial charge in [0.1, 0.15) is 12.4 Å². The van der Waals surface area contributed by atoms with Crippen LogP contribution in [0.15, 0.2) is 12.4 Å². The maximum Gasteiger partial charge on any atom is 0.256 e. The molecule has 236 valence electrons. The van der Waals surface area contributed by atoms with Crippen LogP contribution in [-0.4, -0.2) is 4.57 Å². The normalized spacial score (nSPS) is 11.6. The van der Waals surface area contributed by atoms with Crippen LogP contribution in [0, 0.1) is 0 Å². The second kappa shape index (κ2) is 29.7. The molecule has 0 spiro atoms. The van der Waals surface area contributed by atoms with E-state index in [4.69, 9.17) is 0 Å². The Morgan fingerprint density at radius 1 is 0.425 bits per heavy atom. The van der Waals surface area contributed by atoms with Crippen LogP contribution >= 0.6 is 0 Å². The Bertz CT molecular complexity index is 619. The summed E-state index contributed by atoms with van der Waals surface area (Å²) < 4.78 is 5.25. The van der Waals surface area contributed by atoms with Gasteiger partial charge in [-0.3, -0.25) is 0 Å². The lowest BCUT2D eigenvalue weighted by Crippen LogP contribution is -2.37. The lowest BCUT2D eigenvalue weighted by atomic mass is 10.0. The summed E-state index contributed by atoms with van der Waals surface area (Å²) in [5.41, 5.74) is 0. The fraction of sp³-hybridized carbons (Fsp3) is 0.921. The molecule has 0 saturated heterocycles. The molecule has 0 N–H and O–H groups in total. The Morgan fingerprint density at radius 3 is 1.20 bits per heavy atom. The number of hydrogen-bond donors (Lipinski definition) is 0. The quantitative estimate of drug-likeness (QED) is 0.0613. The predicted octanol–water partition coefficient (Wildman–Crippen LogP) is 12.7. The smallest absolute Gasteiger partial charge is 0.234 e. The fourth-order valence-electron chi connectivity index (χ4n) is 6.33. The Labute approximate surface area is 253 Å². The first kappa shape index (κ1) is 37.2. The largest absolute Gasteiger partial charge is 0.256 e. The minimum atomic E-state index is 1.23. The Kier molecular flexibility index (Phi) is 27.6. The van der Waals surface area contributed by atoms with Gasteiger partial charge in [-0.1, -0.05) is 175 Å². The molecule has 0 fully saturated rings. The molecule has 2 heteroatoms. The molecule has 2 nitrogen and oxygen atoms in total. The highest BCUT2D eigenvalue weighted by Gasteiger charge is 2.16. The lowest BCUT2D eigenvalue weighted by molar-refractivity contribution is -0.704. The van der Waals surface area contributed by atoms with Crippen LogP contribution in [0.5, 0.6) is 0 Å². The van der Waals surface area contributed by atoms with Gasteiger partial charge in [-0.05, 0) is 32.1 Å². The van der Waals surface area contributed by atoms with Gasteiger partial charge in [0.05, 0.1) is 13.1 Å². The molecule has 1 aromatic heterocycles. The van der Waals surface area contributed by atoms with Crippen LogP contribution in [0.3, 0.4) is 0 Å². The van der Waals surface area contributed by atoms with E-state index in [-0.39, 0.29) is 0 Å². The van der Waals surface area contributed by atoms with E-state index in [9.17, 15) is 0 Å². The molecular weight excluding hydrogens is 484 g/mol. The van der Waals surface area contributed by atoms with E-state index in [1.165, 1.54) is 206 Å². The van der Waals surface area contributed by atoms with Gasteiger partial charge in [-0.25, -0.2) is 9.13 Å². The second-order valence-electron chi connectivity index (χ2n) is 13.0. The molecule has 0 aromatic carbocycles. The average molecular weight is 560 g/mol. The highest BCUT2D eigenvalue weighted by Crippen LogP contribution is 2.15. The third kappa shape index (κ3) is 21.9. The molecule has 0 bridgehead atoms. The van der Waals surface area contributed by atoms with Crippen LogP contribution in [0.25, 0.3) is 0 Å². The van der Waals surface area contributed by atoms with Gasteiger partial charge >= 0.3 is 0 Å². The molecule has 0 unspecified atom stereocenters. The molecule has 0 saturated carbocycles. The monoisotopic (exact) mass is 560 g/mol. The zero-order valence-electron chi connectivity index (χ0n) is 28.2. The van der Waals surface area contributed by atoms with Gasteiger partial charge in [-0.2, -0.15) is 0 Å². The number of aryl methyl sites for hydroxylation is 2. The van der Waals surface area contributed by atoms with Crippen LogP contribution in [-0.2, 0) is 19.5 Å². The predicted molar refractivity (Wildman–Crippen MR) is 179 cm³/mol. The lowest BCUT2D eigenvalue weighted by Gasteiger charge is -2.07. The van der Waals surface area contributed by atoms with Crippen LogP contribution in [0.1, 0.15) is 213 Å². The zero-order chi connectivity index (χ0) is 28.8. The third-order valence-corrected chi connectivity index (χ3v) is 9.10. The first-order valence-electron chi connectivity index (χ1n) is 18.9. The fourth-order valence-corrected chi connectivity index (χ4v) is 6.33. The molecule has 1 rings (SSSR count). The van der Waals surface area contributed by atoms with Crippen molar-refractivity contribution < 1.29 is 4.57 Å². The maximum atomic E-state index is 2.63. The van der Waals surface area contributed by atoms with Gasteiger partial charge in [0.25, 0.3) is 5.82 Å². The third-order valence-electron chi connectivity index (χ3n) is 9.10. The van der Waals surface area contributed by atoms with Crippen molar-refractivity contribution in [3.63, 3.8) is 0 Å². The van der Waals surface area contributed by atoms with E-state index in [0.29, 0.717) is 0 Å². The Balaban J connectivity index is 2.25. The highest BCUT2D eigenvalue weighted by atomic mass is 15.1. The molecule has 1 heterocycles. The first-order chi connectivity index (χ1) is 19.8. The van der Waals surface area contributed by atoms with Crippen molar-refractivity contribution in [1.82, 2.24) is 4.57 Å². The van der Waals surface area contributed by atoms with E-state index < -0.39 is 0 Å². The molecule has 0 aliphatic carbocycles. The summed E-state index contributed by atoms with van der Waals surface area (Å²) in [4.78, 5) is 0. The SMILES string of the molecule is CCCCCCCCCCCCCCCCn1cc[n+](CCCCCCCCCC)c1CCCCCCCCC. The van der Waals surface area contributed by atoms with Gasteiger partial charge in [0.15, 0.2) is 0 Å². The zero-order valence-corrected chi connectivity index (χ0v) is 28.2. The minimum absolute atomic E-state index is 1.23. The van der Waals surface area contributed by atoms with E-state index >= 15 is 0 Å². The summed E-state index contributed by atoms with van der Waals surface area (Å²) in [5.74, 6) is 1.62. The van der Waals surface area contributed by atoms with E-state index in [1.807, 2.05) is 0 Å². The van der Waals surface area contributed by atoms with Crippen molar-refractivity contribution in [2.24, 2.45) is 0 Å². The Morgan fingerprint density at radius 2 is 0.775 bits per heavy atom. The topological polar surface area (TPSA) is 8.81 Å². The number of imidazole rings is 1. The molecular formula is C38H75N2+. The van der Waals surface area contributed by atoms with Gasteiger partial charge in [0.2, 0.25) is 0 Å². The van der Waals surface area contributed by atoms with Crippen LogP contribution in [0.2, 0.25) is 0 Å². The average Bonchev–Trinajstić information content (AvgIpc) is 3.35. The summed E-state index contributed by atoms with van der Waals surface area (Å²) in [6, 6.07) is 0. The van der Waals surface area contributed by atoms with Gasteiger partial charge in [-0.15, -0.1) is 0 Å². The summed E-state index contributed by atoms with van der Waals surface area (Å²) in [5, 5.41) is 0. The van der Waals surface area contributed by atoms with E-state index in [1.54, 1.807) is 5.82 Å². The first-order valence-corrected chi connectivity index (χ1v) is 18.9. The Hall–Kier alpha value is -0.790. The summed E-state index contributed by atoms with van der Waals surface area (Å²) >= 11 is 0. The van der Waals surface area contributed by atoms with Crippen molar-refractivity contribution >= 4 is 0 Å². The number of nitrogens with zero attached hydrogens (tertiary/aromatic N) is 2. The van der Waals surface area contributed by atoms with Crippen molar-refractivity contribution in [2.45, 2.75) is 226 Å². The molecule has 0 atom stereocenters.